The lowest BCUT2D eigenvalue weighted by Crippen LogP contribution is -2.34. The number of carbonyl (C=O) groups excluding carboxylic acids is 1. The minimum atomic E-state index is 0.0278. The lowest BCUT2D eigenvalue weighted by Gasteiger charge is -2.23. The van der Waals surface area contributed by atoms with Crippen LogP contribution in [0.2, 0.25) is 0 Å². The van der Waals surface area contributed by atoms with Crippen LogP contribution >= 0.6 is 0 Å². The van der Waals surface area contributed by atoms with Gasteiger partial charge in [-0.3, -0.25) is 9.36 Å². The summed E-state index contributed by atoms with van der Waals surface area (Å²) in [6.07, 6.45) is 11.8. The third kappa shape index (κ3) is 4.73. The number of hydrogen-bond acceptors (Lipinski definition) is 7. The number of hydrogen-bond donors (Lipinski definition) is 2. The third-order valence-corrected chi connectivity index (χ3v) is 8.42. The molecule has 1 unspecified atom stereocenters. The number of fused-ring (bicyclic) bond motifs is 2. The first-order chi connectivity index (χ1) is 20.6. The van der Waals surface area contributed by atoms with Gasteiger partial charge in [-0.2, -0.15) is 5.10 Å². The molecule has 1 aromatic carbocycles. The molecule has 3 N–H and O–H groups in total. The molecule has 1 aliphatic carbocycles. The normalized spacial score (nSPS) is 18.6. The highest BCUT2D eigenvalue weighted by Gasteiger charge is 2.28. The van der Waals surface area contributed by atoms with Gasteiger partial charge in [0.15, 0.2) is 17.3 Å². The van der Waals surface area contributed by atoms with Crippen LogP contribution in [0.5, 0.6) is 0 Å². The van der Waals surface area contributed by atoms with Gasteiger partial charge < -0.3 is 16.0 Å². The Hall–Kier alpha value is -4.83. The molecule has 4 aromatic heterocycles. The number of amides is 1. The summed E-state index contributed by atoms with van der Waals surface area (Å²) in [5.74, 6) is 1.86. The molecule has 5 heterocycles. The second kappa shape index (κ2) is 10.9. The van der Waals surface area contributed by atoms with Crippen molar-refractivity contribution >= 4 is 22.9 Å². The Kier molecular flexibility index (Phi) is 6.75. The molecule has 2 aliphatic rings. The Bertz CT molecular complexity index is 1770. The first-order valence-corrected chi connectivity index (χ1v) is 14.5. The Labute approximate surface area is 243 Å². The molecular weight excluding hydrogens is 526 g/mol. The van der Waals surface area contributed by atoms with E-state index in [0.29, 0.717) is 29.5 Å². The van der Waals surface area contributed by atoms with E-state index in [4.69, 9.17) is 15.7 Å². The van der Waals surface area contributed by atoms with E-state index in [1.807, 2.05) is 41.4 Å². The molecule has 0 radical (unpaired) electrons. The van der Waals surface area contributed by atoms with Gasteiger partial charge >= 0.3 is 0 Å². The van der Waals surface area contributed by atoms with Crippen LogP contribution in [0.25, 0.3) is 34.1 Å². The molecule has 1 fully saturated rings. The van der Waals surface area contributed by atoms with Crippen LogP contribution in [0, 0.1) is 0 Å². The quantitative estimate of drug-likeness (QED) is 0.296. The average Bonchev–Trinajstić information content (AvgIpc) is 3.73. The maximum atomic E-state index is 12.1. The van der Waals surface area contributed by atoms with Crippen molar-refractivity contribution in [3.05, 3.63) is 90.9 Å². The number of nitrogen functional groups attached to an aromatic ring is 1. The van der Waals surface area contributed by atoms with Crippen molar-refractivity contribution in [1.29, 1.82) is 0 Å². The van der Waals surface area contributed by atoms with Crippen molar-refractivity contribution in [3.8, 4) is 22.9 Å². The summed E-state index contributed by atoms with van der Waals surface area (Å²) in [5, 5.41) is 8.28. The van der Waals surface area contributed by atoms with Gasteiger partial charge in [0.05, 0.1) is 5.56 Å². The number of nitrogens with zero attached hydrogens (tertiary/aromatic N) is 7. The fraction of sp³-hybridized carbons (Fsp3) is 0.281. The largest absolute Gasteiger partial charge is 0.383 e. The van der Waals surface area contributed by atoms with Crippen LogP contribution in [0.15, 0.2) is 79.8 Å². The van der Waals surface area contributed by atoms with Crippen molar-refractivity contribution in [3.63, 3.8) is 0 Å². The molecule has 42 heavy (non-hydrogen) atoms. The topological polar surface area (TPSA) is 120 Å². The van der Waals surface area contributed by atoms with E-state index in [-0.39, 0.29) is 5.91 Å². The van der Waals surface area contributed by atoms with E-state index in [1.54, 1.807) is 17.1 Å². The lowest BCUT2D eigenvalue weighted by atomic mass is 10.0. The van der Waals surface area contributed by atoms with E-state index in [2.05, 4.69) is 44.7 Å². The average molecular weight is 560 g/mol. The molecule has 10 heteroatoms. The van der Waals surface area contributed by atoms with Crippen LogP contribution in [-0.2, 0) is 11.2 Å². The van der Waals surface area contributed by atoms with Crippen LogP contribution in [-0.4, -0.2) is 59.2 Å². The summed E-state index contributed by atoms with van der Waals surface area (Å²) in [6, 6.07) is 16.9. The van der Waals surface area contributed by atoms with Gasteiger partial charge in [-0.05, 0) is 91.8 Å². The van der Waals surface area contributed by atoms with E-state index in [1.165, 1.54) is 17.2 Å². The number of benzene rings is 1. The zero-order chi connectivity index (χ0) is 28.6. The maximum Gasteiger partial charge on any atom is 0.245 e. The zero-order valence-electron chi connectivity index (χ0n) is 23.4. The minimum absolute atomic E-state index is 0.0278. The predicted octanol–water partition coefficient (Wildman–Crippen LogP) is 4.39. The molecule has 1 aliphatic heterocycles. The summed E-state index contributed by atoms with van der Waals surface area (Å²) in [6.45, 7) is 5.21. The van der Waals surface area contributed by atoms with E-state index < -0.39 is 0 Å². The van der Waals surface area contributed by atoms with Crippen LogP contribution in [0.4, 0.5) is 5.82 Å². The Morgan fingerprint density at radius 3 is 2.81 bits per heavy atom. The highest BCUT2D eigenvalue weighted by atomic mass is 16.2. The molecule has 1 saturated heterocycles. The van der Waals surface area contributed by atoms with Gasteiger partial charge in [0, 0.05) is 49.5 Å². The smallest absolute Gasteiger partial charge is 0.245 e. The van der Waals surface area contributed by atoms with Crippen molar-refractivity contribution < 1.29 is 4.79 Å². The third-order valence-electron chi connectivity index (χ3n) is 8.42. The summed E-state index contributed by atoms with van der Waals surface area (Å²) < 4.78 is 3.82. The minimum Gasteiger partial charge on any atom is -0.383 e. The number of rotatable bonds is 6. The van der Waals surface area contributed by atoms with Gasteiger partial charge in [0.1, 0.15) is 11.3 Å². The highest BCUT2D eigenvalue weighted by Crippen LogP contribution is 2.36. The molecule has 7 rings (SSSR count). The number of imidazole rings is 1. The predicted molar refractivity (Wildman–Crippen MR) is 162 cm³/mol. The molecule has 5 aromatic rings. The first-order valence-electron chi connectivity index (χ1n) is 14.5. The fourth-order valence-electron chi connectivity index (χ4n) is 6.32. The molecular formula is C32H33N9O. The molecule has 2 atom stereocenters. The summed E-state index contributed by atoms with van der Waals surface area (Å²) in [7, 11) is 0. The number of aromatic nitrogens is 6. The van der Waals surface area contributed by atoms with Crippen LogP contribution in [0.3, 0.4) is 0 Å². The van der Waals surface area contributed by atoms with Crippen LogP contribution in [0.1, 0.15) is 42.9 Å². The molecule has 0 saturated carbocycles. The highest BCUT2D eigenvalue weighted by molar-refractivity contribution is 5.87. The number of aryl methyl sites for hydroxylation is 1. The number of anilines is 1. The second-order valence-corrected chi connectivity index (χ2v) is 11.0. The Morgan fingerprint density at radius 1 is 1.05 bits per heavy atom. The number of nitrogens with two attached hydrogens (primary N) is 1. The summed E-state index contributed by atoms with van der Waals surface area (Å²) in [5.41, 5.74) is 12.2. The molecule has 0 bridgehead atoms. The molecule has 10 nitrogen and oxygen atoms in total. The second-order valence-electron chi connectivity index (χ2n) is 11.0. The van der Waals surface area contributed by atoms with Crippen molar-refractivity contribution in [2.24, 2.45) is 0 Å². The maximum absolute atomic E-state index is 12.1. The number of carbonyl (C=O) groups is 1. The Morgan fingerprint density at radius 2 is 1.98 bits per heavy atom. The summed E-state index contributed by atoms with van der Waals surface area (Å²) >= 11 is 0. The molecule has 0 spiro atoms. The first kappa shape index (κ1) is 26.1. The van der Waals surface area contributed by atoms with Crippen molar-refractivity contribution in [2.45, 2.75) is 44.2 Å². The van der Waals surface area contributed by atoms with Crippen molar-refractivity contribution in [1.82, 2.24) is 39.5 Å². The Balaban J connectivity index is 1.23. The van der Waals surface area contributed by atoms with Crippen LogP contribution < -0.4 is 11.1 Å². The van der Waals surface area contributed by atoms with Crippen molar-refractivity contribution in [2.75, 3.05) is 18.8 Å². The van der Waals surface area contributed by atoms with Gasteiger partial charge in [0.2, 0.25) is 5.91 Å². The van der Waals surface area contributed by atoms with E-state index in [9.17, 15) is 4.79 Å². The number of likely N-dealkylation sites (tertiary alicyclic amines) is 1. The van der Waals surface area contributed by atoms with Gasteiger partial charge in [-0.25, -0.2) is 19.6 Å². The number of nitrogens with one attached hydrogen (secondary N) is 1. The van der Waals surface area contributed by atoms with Gasteiger partial charge in [-0.15, -0.1) is 0 Å². The molecule has 1 amide bonds. The lowest BCUT2D eigenvalue weighted by molar-refractivity contribution is -0.125. The van der Waals surface area contributed by atoms with E-state index in [0.717, 1.165) is 67.6 Å². The summed E-state index contributed by atoms with van der Waals surface area (Å²) in [4.78, 5) is 28.3. The zero-order valence-corrected chi connectivity index (χ0v) is 23.4. The number of pyridine rings is 2. The monoisotopic (exact) mass is 559 g/mol. The van der Waals surface area contributed by atoms with Gasteiger partial charge in [0.25, 0.3) is 0 Å². The van der Waals surface area contributed by atoms with Gasteiger partial charge in [-0.1, -0.05) is 12.6 Å². The van der Waals surface area contributed by atoms with E-state index >= 15 is 0 Å². The molecule has 212 valence electrons. The fourth-order valence-corrected chi connectivity index (χ4v) is 6.32. The standard InChI is InChI=1S/C32H33N9O/c1-2-29(42)39-17-4-6-22(14-19-39)36-26-11-8-21-20-23(9-10-24(21)26)41-31(25-7-3-15-34-30(25)33)37-27-12-13-28(38-32(27)41)40-18-5-16-35-40/h2-3,5,7,9-10,12-13,15-16,18,20,22,26,36H,1,4,6,8,11,14,17,19H2,(H2,33,34)/t22?,26-/m0/s1. The SMILES string of the molecule is C=CC(=O)N1CCCC(N[C@H]2CCc3cc(-n4c(-c5cccnc5N)nc5ccc(-n6cccn6)nc54)ccc32)CC1.